The first-order chi connectivity index (χ1) is 10.4. The Bertz CT molecular complexity index is 484. The smallest absolute Gasteiger partial charge is 0.117 e. The molecule has 22 heavy (non-hydrogen) atoms. The zero-order valence-corrected chi connectivity index (χ0v) is 14.7. The lowest BCUT2D eigenvalue weighted by atomic mass is 10.2. The van der Waals surface area contributed by atoms with Crippen molar-refractivity contribution in [3.05, 3.63) is 41.3 Å². The summed E-state index contributed by atoms with van der Waals surface area (Å²) in [7, 11) is -4.25. The van der Waals surface area contributed by atoms with E-state index in [4.69, 9.17) is 0 Å². The molecule has 0 atom stereocenters. The van der Waals surface area contributed by atoms with E-state index in [2.05, 4.69) is 20.8 Å². The van der Waals surface area contributed by atoms with E-state index >= 15 is 0 Å². The molecule has 0 bridgehead atoms. The number of nitrogens with one attached hydrogen (secondary N) is 1. The summed E-state index contributed by atoms with van der Waals surface area (Å²) in [5.41, 5.74) is 0.692. The van der Waals surface area contributed by atoms with Crippen LogP contribution in [0.4, 0.5) is 0 Å². The van der Waals surface area contributed by atoms with Crippen molar-refractivity contribution in [2.75, 3.05) is 19.6 Å². The number of quaternary nitrogens is 1. The Balaban J connectivity index is 0.000000409. The van der Waals surface area contributed by atoms with Gasteiger partial charge >= 0.3 is 0 Å². The summed E-state index contributed by atoms with van der Waals surface area (Å²) in [4.78, 5) is 1.78. The highest BCUT2D eigenvalue weighted by Crippen LogP contribution is 2.01. The van der Waals surface area contributed by atoms with E-state index in [1.807, 2.05) is 6.07 Å². The van der Waals surface area contributed by atoms with E-state index in [-0.39, 0.29) is 0 Å². The van der Waals surface area contributed by atoms with E-state index in [1.54, 1.807) is 29.2 Å². The lowest BCUT2D eigenvalue weighted by Gasteiger charge is -2.16. The average molecular weight is 327 g/mol. The lowest BCUT2D eigenvalue weighted by Crippen LogP contribution is -3.11. The molecule has 0 heterocycles. The molecule has 1 rings (SSSR count). The van der Waals surface area contributed by atoms with Crippen molar-refractivity contribution < 1.29 is 17.9 Å². The second-order valence-electron chi connectivity index (χ2n) is 5.21. The molecule has 0 unspecified atom stereocenters. The molecule has 4 nitrogen and oxygen atoms in total. The first kappa shape index (κ1) is 20.8. The van der Waals surface area contributed by atoms with Gasteiger partial charge < -0.3 is 9.45 Å². The Hall–Kier alpha value is -1.17. The Morgan fingerprint density at radius 2 is 1.41 bits per heavy atom. The van der Waals surface area contributed by atoms with Crippen molar-refractivity contribution >= 4 is 16.2 Å². The SMILES string of the molecule is CCC[NH+](CCC)CCC.O=S(=O)([O-])C=Cc1ccccc1. The van der Waals surface area contributed by atoms with Gasteiger partial charge in [-0.3, -0.25) is 0 Å². The van der Waals surface area contributed by atoms with Crippen LogP contribution in [0.2, 0.25) is 0 Å². The summed E-state index contributed by atoms with van der Waals surface area (Å²) in [6, 6.07) is 8.75. The maximum atomic E-state index is 10.2. The number of benzene rings is 1. The van der Waals surface area contributed by atoms with E-state index < -0.39 is 10.1 Å². The van der Waals surface area contributed by atoms with Crippen LogP contribution in [0.5, 0.6) is 0 Å². The molecular formula is C17H29NO3S. The first-order valence-corrected chi connectivity index (χ1v) is 9.42. The predicted octanol–water partition coefficient (Wildman–Crippen LogP) is 2.30. The molecule has 0 aliphatic carbocycles. The van der Waals surface area contributed by atoms with Crippen molar-refractivity contribution in [3.63, 3.8) is 0 Å². The van der Waals surface area contributed by atoms with Gasteiger partial charge in [-0.1, -0.05) is 51.1 Å². The fourth-order valence-corrected chi connectivity index (χ4v) is 2.49. The topological polar surface area (TPSA) is 61.6 Å². The highest BCUT2D eigenvalue weighted by Gasteiger charge is 2.01. The van der Waals surface area contributed by atoms with Gasteiger partial charge in [-0.2, -0.15) is 0 Å². The summed E-state index contributed by atoms with van der Waals surface area (Å²) < 4.78 is 30.5. The van der Waals surface area contributed by atoms with E-state index in [0.717, 1.165) is 0 Å². The van der Waals surface area contributed by atoms with Crippen molar-refractivity contribution in [2.24, 2.45) is 0 Å². The van der Waals surface area contributed by atoms with Crippen molar-refractivity contribution in [3.8, 4) is 0 Å². The average Bonchev–Trinajstić information content (AvgIpc) is 2.47. The number of rotatable bonds is 8. The summed E-state index contributed by atoms with van der Waals surface area (Å²) in [6.45, 7) is 10.9. The zero-order chi connectivity index (χ0) is 16.8. The largest absolute Gasteiger partial charge is 0.744 e. The van der Waals surface area contributed by atoms with Gasteiger partial charge in [0.15, 0.2) is 0 Å². The molecule has 5 heteroatoms. The monoisotopic (exact) mass is 327 g/mol. The van der Waals surface area contributed by atoms with Crippen LogP contribution in [-0.4, -0.2) is 32.6 Å². The van der Waals surface area contributed by atoms with Gasteiger partial charge in [-0.05, 0) is 30.9 Å². The maximum absolute atomic E-state index is 10.2. The molecular weight excluding hydrogens is 298 g/mol. The van der Waals surface area contributed by atoms with E-state index in [0.29, 0.717) is 11.0 Å². The van der Waals surface area contributed by atoms with Crippen LogP contribution in [-0.2, 0) is 10.1 Å². The van der Waals surface area contributed by atoms with Crippen LogP contribution in [0.15, 0.2) is 35.7 Å². The fraction of sp³-hybridized carbons (Fsp3) is 0.529. The minimum Gasteiger partial charge on any atom is -0.744 e. The maximum Gasteiger partial charge on any atom is 0.117 e. The van der Waals surface area contributed by atoms with Crippen LogP contribution in [0.25, 0.3) is 6.08 Å². The minimum atomic E-state index is -4.25. The molecule has 0 aliphatic heterocycles. The van der Waals surface area contributed by atoms with Crippen molar-refractivity contribution in [1.29, 1.82) is 0 Å². The van der Waals surface area contributed by atoms with Gasteiger partial charge in [-0.15, -0.1) is 0 Å². The molecule has 0 saturated heterocycles. The molecule has 0 amide bonds. The molecule has 0 saturated carbocycles. The molecule has 0 aliphatic rings. The Morgan fingerprint density at radius 1 is 0.955 bits per heavy atom. The highest BCUT2D eigenvalue weighted by atomic mass is 32.2. The summed E-state index contributed by atoms with van der Waals surface area (Å²) in [5, 5.41) is 0.641. The molecule has 0 spiro atoms. The summed E-state index contributed by atoms with van der Waals surface area (Å²) >= 11 is 0. The molecule has 0 radical (unpaired) electrons. The highest BCUT2D eigenvalue weighted by molar-refractivity contribution is 7.88. The molecule has 1 N–H and O–H groups in total. The quantitative estimate of drug-likeness (QED) is 0.745. The third-order valence-electron chi connectivity index (χ3n) is 3.04. The standard InChI is InChI=1S/C9H21N.C8H8O3S/c1-4-7-10(8-5-2)9-6-3;9-12(10,11)7-6-8-4-2-1-3-5-8/h4-9H2,1-3H3;1-7H,(H,9,10,11). The van der Waals surface area contributed by atoms with Crippen LogP contribution >= 0.6 is 0 Å². The third-order valence-corrected chi connectivity index (χ3v) is 3.51. The van der Waals surface area contributed by atoms with Crippen molar-refractivity contribution in [1.82, 2.24) is 0 Å². The number of hydrogen-bond acceptors (Lipinski definition) is 3. The molecule has 126 valence electrons. The van der Waals surface area contributed by atoms with Crippen LogP contribution < -0.4 is 4.90 Å². The second kappa shape index (κ2) is 12.4. The molecule has 0 fully saturated rings. The normalized spacial score (nSPS) is 11.5. The van der Waals surface area contributed by atoms with Gasteiger partial charge in [0.2, 0.25) is 0 Å². The van der Waals surface area contributed by atoms with Gasteiger partial charge in [0.1, 0.15) is 10.1 Å². The Morgan fingerprint density at radius 3 is 1.77 bits per heavy atom. The van der Waals surface area contributed by atoms with Crippen LogP contribution in [0.3, 0.4) is 0 Å². The molecule has 1 aromatic rings. The predicted molar refractivity (Wildman–Crippen MR) is 91.6 cm³/mol. The van der Waals surface area contributed by atoms with Crippen LogP contribution in [0, 0.1) is 0 Å². The summed E-state index contributed by atoms with van der Waals surface area (Å²) in [6.07, 6.45) is 5.25. The first-order valence-electron chi connectivity index (χ1n) is 7.95. The number of hydrogen-bond donors (Lipinski definition) is 1. The summed E-state index contributed by atoms with van der Waals surface area (Å²) in [5.74, 6) is 0. The lowest BCUT2D eigenvalue weighted by molar-refractivity contribution is -0.900. The fourth-order valence-electron chi connectivity index (χ4n) is 2.16. The van der Waals surface area contributed by atoms with Gasteiger partial charge in [-0.25, -0.2) is 8.42 Å². The third kappa shape index (κ3) is 12.6. The second-order valence-corrected chi connectivity index (χ2v) is 6.46. The Kier molecular flexibility index (Phi) is 11.7. The molecule has 0 aromatic heterocycles. The minimum absolute atomic E-state index is 0.641. The Labute approximate surface area is 135 Å². The van der Waals surface area contributed by atoms with Gasteiger partial charge in [0.25, 0.3) is 0 Å². The van der Waals surface area contributed by atoms with Gasteiger partial charge in [0.05, 0.1) is 19.6 Å². The van der Waals surface area contributed by atoms with Crippen LogP contribution in [0.1, 0.15) is 45.6 Å². The van der Waals surface area contributed by atoms with Gasteiger partial charge in [0, 0.05) is 5.41 Å². The van der Waals surface area contributed by atoms with E-state index in [1.165, 1.54) is 45.0 Å². The van der Waals surface area contributed by atoms with Crippen molar-refractivity contribution in [2.45, 2.75) is 40.0 Å². The zero-order valence-electron chi connectivity index (χ0n) is 13.9. The molecule has 1 aromatic carbocycles. The van der Waals surface area contributed by atoms with E-state index in [9.17, 15) is 13.0 Å².